The lowest BCUT2D eigenvalue weighted by Gasteiger charge is -2.30. The Morgan fingerprint density at radius 2 is 1.22 bits per heavy atom. The SMILES string of the molecule is C[C@@H]1NC(=O)[C@@H]2CSSC[C@H](NC(=O)CN)C(=O)N[C@@H](CCSC[C@@H](C(N)=O)NC(=O)[C@H](CCCN=C(N)N)NC(=O)[C@H](Cc3c[nH]c4ccccc34)NC1=O)C(=O)N[C@@H](CO)C(=O)N[C@@H](CC(=O)O)C(=O)N1CCC[C@H]1C(=O)N[C@@H](CCCN=C(N)N)C(=O)N2. The van der Waals surface area contributed by atoms with Crippen LogP contribution >= 0.6 is 33.3 Å². The van der Waals surface area contributed by atoms with Crippen LogP contribution in [0, 0.1) is 0 Å². The molecule has 11 atom stereocenters. The number of amides is 12. The molecule has 25 N–H and O–H groups in total. The predicted molar refractivity (Wildman–Crippen MR) is 336 cm³/mol. The number of aromatic amines is 1. The number of rotatable bonds is 16. The standard InChI is InChI=1S/C53H80N20O15S3/c1-25-42(79)68-32(17-26-20-62-28-8-3-2-7-27(26)28)46(83)65-29(9-4-13-60-52(56)57)43(80)71-35(41(55)78)22-89-16-12-31-45(82)70-34(21-74)47(84)69-33(18-40(76)77)51(88)73-15-6-11-38(73)50(87)67-30(10-5-14-61-53(58)59)44(81)72-37(48(85)63-25)24-91-90-23-36(49(86)66-31)64-39(75)19-54/h2-3,7-8,20,25,29-38,62,74H,4-6,9-19,21-24,54H2,1H3,(H2,55,78)(H,63,85)(H,64,75)(H,65,83)(H,66,86)(H,67,87)(H,68,79)(H,69,84)(H,70,82)(H,71,80)(H,72,81)(H,76,77)(H4,56,57,60)(H4,58,59,61)/t25-,29-,30-,31-,32-,33-,34-,35-,36-,37-,38-/m0/s1. The first-order valence-electron chi connectivity index (χ1n) is 28.9. The fraction of sp³-hybridized carbons (Fsp3) is 0.566. The summed E-state index contributed by atoms with van der Waals surface area (Å²) in [5.41, 5.74) is 34.8. The number of carboxylic acids is 1. The van der Waals surface area contributed by atoms with Gasteiger partial charge in [-0.1, -0.05) is 39.8 Å². The number of aliphatic hydroxyl groups excluding tert-OH is 1. The van der Waals surface area contributed by atoms with Crippen molar-refractivity contribution in [1.82, 2.24) is 63.1 Å². The number of thioether (sulfide) groups is 1. The summed E-state index contributed by atoms with van der Waals surface area (Å²) in [6, 6.07) is -10.4. The number of fused-ring (bicyclic) bond motifs is 10. The number of para-hydroxylation sites is 1. The van der Waals surface area contributed by atoms with Crippen molar-refractivity contribution in [2.24, 2.45) is 44.4 Å². The second-order valence-corrected chi connectivity index (χ2v) is 25.0. The molecule has 38 heteroatoms. The molecule has 3 fully saturated rings. The first kappa shape index (κ1) is 73.1. The van der Waals surface area contributed by atoms with Gasteiger partial charge in [0.05, 0.1) is 19.6 Å². The number of hydrogen-bond acceptors (Lipinski definition) is 20. The summed E-state index contributed by atoms with van der Waals surface area (Å²) in [4.78, 5) is 194. The maximum atomic E-state index is 14.7. The van der Waals surface area contributed by atoms with Crippen molar-refractivity contribution in [3.63, 3.8) is 0 Å². The zero-order valence-corrected chi connectivity index (χ0v) is 52.1. The van der Waals surface area contributed by atoms with E-state index in [1.165, 1.54) is 6.92 Å². The number of carbonyl (C=O) groups excluding carboxylic acids is 12. The molecular weight excluding hydrogens is 1250 g/mol. The summed E-state index contributed by atoms with van der Waals surface area (Å²) in [6.07, 6.45) is -0.0282. The monoisotopic (exact) mass is 1330 g/mol. The molecule has 1 aromatic carbocycles. The molecule has 0 saturated carbocycles. The van der Waals surface area contributed by atoms with E-state index in [1.54, 1.807) is 30.5 Å². The summed E-state index contributed by atoms with van der Waals surface area (Å²) in [5, 5.41) is 46.3. The van der Waals surface area contributed by atoms with Crippen molar-refractivity contribution >= 4 is 133 Å². The normalized spacial score (nSPS) is 26.1. The van der Waals surface area contributed by atoms with Gasteiger partial charge in [0.1, 0.15) is 66.5 Å². The third-order valence-corrected chi connectivity index (χ3v) is 18.0. The maximum Gasteiger partial charge on any atom is 0.305 e. The van der Waals surface area contributed by atoms with Gasteiger partial charge in [-0.2, -0.15) is 11.8 Å². The fourth-order valence-corrected chi connectivity index (χ4v) is 13.0. The number of aliphatic imine (C=N–C) groups is 2. The van der Waals surface area contributed by atoms with Gasteiger partial charge in [-0.15, -0.1) is 0 Å². The Balaban J connectivity index is 1.66. The molecule has 35 nitrogen and oxygen atoms in total. The van der Waals surface area contributed by atoms with Gasteiger partial charge in [-0.3, -0.25) is 72.3 Å². The Labute approximate surface area is 533 Å². The van der Waals surface area contributed by atoms with Crippen LogP contribution in [0.2, 0.25) is 0 Å². The molecule has 0 radical (unpaired) electrons. The number of nitrogens with two attached hydrogens (primary N) is 6. The highest BCUT2D eigenvalue weighted by Gasteiger charge is 2.42. The average molecular weight is 1330 g/mol. The van der Waals surface area contributed by atoms with Gasteiger partial charge in [0, 0.05) is 60.4 Å². The highest BCUT2D eigenvalue weighted by molar-refractivity contribution is 8.76. The lowest BCUT2D eigenvalue weighted by molar-refractivity contribution is -0.146. The van der Waals surface area contributed by atoms with E-state index in [1.807, 2.05) is 0 Å². The van der Waals surface area contributed by atoms with Crippen LogP contribution in [0.5, 0.6) is 0 Å². The highest BCUT2D eigenvalue weighted by Crippen LogP contribution is 2.25. The number of carboxylic acid groups (broad SMARTS) is 1. The van der Waals surface area contributed by atoms with Gasteiger partial charge in [0.2, 0.25) is 70.9 Å². The molecule has 1 aromatic heterocycles. The van der Waals surface area contributed by atoms with Crippen LogP contribution in [-0.2, 0) is 68.7 Å². The number of carbonyl (C=O) groups is 13. The minimum atomic E-state index is -1.93. The quantitative estimate of drug-likeness (QED) is 0.0321. The Kier molecular flexibility index (Phi) is 29.2. The molecule has 91 heavy (non-hydrogen) atoms. The van der Waals surface area contributed by atoms with Gasteiger partial charge in [0.25, 0.3) is 0 Å². The van der Waals surface area contributed by atoms with Crippen molar-refractivity contribution in [2.45, 2.75) is 131 Å². The Bertz CT molecular complexity index is 3040. The zero-order valence-electron chi connectivity index (χ0n) is 49.7. The van der Waals surface area contributed by atoms with Crippen LogP contribution in [0.25, 0.3) is 10.9 Å². The molecule has 3 aliphatic heterocycles. The molecule has 0 spiro atoms. The first-order valence-corrected chi connectivity index (χ1v) is 32.6. The van der Waals surface area contributed by atoms with Crippen molar-refractivity contribution in [2.75, 3.05) is 55.8 Å². The van der Waals surface area contributed by atoms with Crippen LogP contribution in [-0.4, -0.2) is 231 Å². The van der Waals surface area contributed by atoms with Gasteiger partial charge < -0.3 is 108 Å². The van der Waals surface area contributed by atoms with Gasteiger partial charge in [-0.25, -0.2) is 0 Å². The van der Waals surface area contributed by atoms with Crippen molar-refractivity contribution in [3.8, 4) is 0 Å². The summed E-state index contributed by atoms with van der Waals surface area (Å²) in [6.45, 7) is -0.704. The summed E-state index contributed by atoms with van der Waals surface area (Å²) < 4.78 is 0. The van der Waals surface area contributed by atoms with Gasteiger partial charge in [0.15, 0.2) is 11.9 Å². The molecule has 2 aromatic rings. The number of aliphatic carboxylic acids is 1. The number of benzene rings is 1. The number of hydrogen-bond donors (Lipinski definition) is 19. The average Bonchev–Trinajstić information content (AvgIpc) is 1.86. The van der Waals surface area contributed by atoms with Crippen molar-refractivity contribution in [3.05, 3.63) is 36.0 Å². The molecule has 3 aliphatic rings. The molecule has 500 valence electrons. The van der Waals surface area contributed by atoms with Crippen molar-refractivity contribution < 1.29 is 72.5 Å². The zero-order chi connectivity index (χ0) is 66.9. The highest BCUT2D eigenvalue weighted by atomic mass is 33.1. The number of aromatic nitrogens is 1. The minimum absolute atomic E-state index is 0.0106. The van der Waals surface area contributed by atoms with E-state index >= 15 is 0 Å². The number of nitrogens with one attached hydrogen (secondary N) is 11. The number of H-pyrrole nitrogens is 1. The lowest BCUT2D eigenvalue weighted by Crippen LogP contribution is -2.61. The lowest BCUT2D eigenvalue weighted by atomic mass is 10.0. The molecular formula is C53H80N20O15S3. The molecule has 0 unspecified atom stereocenters. The number of nitrogens with zero attached hydrogens (tertiary/aromatic N) is 3. The molecule has 5 rings (SSSR count). The Morgan fingerprint density at radius 3 is 1.86 bits per heavy atom. The Morgan fingerprint density at radius 1 is 0.648 bits per heavy atom. The summed E-state index contributed by atoms with van der Waals surface area (Å²) in [7, 11) is 1.78. The predicted octanol–water partition coefficient (Wildman–Crippen LogP) is -7.88. The van der Waals surface area contributed by atoms with Gasteiger partial charge >= 0.3 is 5.97 Å². The largest absolute Gasteiger partial charge is 0.481 e. The fourth-order valence-electron chi connectivity index (χ4n) is 9.64. The molecule has 3 saturated heterocycles. The van der Waals surface area contributed by atoms with Crippen LogP contribution < -0.4 is 87.6 Å². The van der Waals surface area contributed by atoms with Crippen LogP contribution in [0.3, 0.4) is 0 Å². The van der Waals surface area contributed by atoms with Crippen LogP contribution in [0.15, 0.2) is 40.4 Å². The van der Waals surface area contributed by atoms with Gasteiger partial charge in [-0.05, 0) is 69.3 Å². The third-order valence-electron chi connectivity index (χ3n) is 14.4. The first-order chi connectivity index (χ1) is 43.3. The third kappa shape index (κ3) is 23.0. The Hall–Kier alpha value is -8.62. The molecule has 4 heterocycles. The number of aliphatic hydroxyl groups is 1. The molecule has 12 amide bonds. The topological polar surface area (TPSA) is 583 Å². The number of guanidine groups is 2. The van der Waals surface area contributed by atoms with E-state index < -0.39 is 163 Å². The van der Waals surface area contributed by atoms with E-state index in [0.717, 1.165) is 38.2 Å². The van der Waals surface area contributed by atoms with Crippen LogP contribution in [0.1, 0.15) is 63.9 Å². The summed E-state index contributed by atoms with van der Waals surface area (Å²) >= 11 is 0.941. The number of primary amides is 1. The second kappa shape index (κ2) is 36.3. The van der Waals surface area contributed by atoms with E-state index in [4.69, 9.17) is 34.4 Å². The second-order valence-electron chi connectivity index (χ2n) is 21.3. The van der Waals surface area contributed by atoms with E-state index in [0.29, 0.717) is 16.5 Å². The van der Waals surface area contributed by atoms with Crippen LogP contribution in [0.4, 0.5) is 0 Å². The minimum Gasteiger partial charge on any atom is -0.481 e. The molecule has 2 bridgehead atoms. The smallest absolute Gasteiger partial charge is 0.305 e. The van der Waals surface area contributed by atoms with E-state index in [9.17, 15) is 72.5 Å². The molecule has 0 aliphatic carbocycles. The van der Waals surface area contributed by atoms with E-state index in [-0.39, 0.29) is 106 Å². The summed E-state index contributed by atoms with van der Waals surface area (Å²) in [5.74, 6) is -15.3. The van der Waals surface area contributed by atoms with Crippen molar-refractivity contribution in [1.29, 1.82) is 0 Å². The maximum absolute atomic E-state index is 14.7. The van der Waals surface area contributed by atoms with E-state index in [2.05, 4.69) is 68.1 Å².